The van der Waals surface area contributed by atoms with Crippen molar-refractivity contribution in [1.82, 2.24) is 20.3 Å². The molecule has 2 fully saturated rings. The Bertz CT molecular complexity index is 750. The molecule has 0 aliphatic carbocycles. The van der Waals surface area contributed by atoms with Gasteiger partial charge in [-0.3, -0.25) is 4.79 Å². The third-order valence-corrected chi connectivity index (χ3v) is 5.48. The Morgan fingerprint density at radius 1 is 1.03 bits per heavy atom. The molecule has 0 radical (unpaired) electrons. The smallest absolute Gasteiger partial charge is 0.217 e. The zero-order valence-electron chi connectivity index (χ0n) is 16.7. The van der Waals surface area contributed by atoms with Gasteiger partial charge in [0.1, 0.15) is 54.5 Å². The normalized spacial score (nSPS) is 41.2. The molecule has 0 saturated carbocycles. The molecule has 176 valence electrons. The highest BCUT2D eigenvalue weighted by Gasteiger charge is 2.48. The van der Waals surface area contributed by atoms with Crippen molar-refractivity contribution >= 4 is 5.91 Å². The van der Waals surface area contributed by atoms with Gasteiger partial charge in [0.2, 0.25) is 5.91 Å². The number of aliphatic hydroxyl groups is 7. The molecule has 8 N–H and O–H groups in total. The average Bonchev–Trinajstić information content (AvgIpc) is 3.21. The highest BCUT2D eigenvalue weighted by atomic mass is 16.5. The molecule has 2 aliphatic rings. The molecule has 3 heterocycles. The third-order valence-electron chi connectivity index (χ3n) is 5.48. The van der Waals surface area contributed by atoms with Crippen LogP contribution >= 0.6 is 0 Å². The molecule has 1 aromatic heterocycles. The highest BCUT2D eigenvalue weighted by Crippen LogP contribution is 2.34. The van der Waals surface area contributed by atoms with Crippen LogP contribution in [-0.4, -0.2) is 119 Å². The lowest BCUT2D eigenvalue weighted by molar-refractivity contribution is -0.228. The van der Waals surface area contributed by atoms with E-state index in [1.165, 1.54) is 13.1 Å². The van der Waals surface area contributed by atoms with Crippen LogP contribution < -0.4 is 5.32 Å². The lowest BCUT2D eigenvalue weighted by Gasteiger charge is -2.42. The Labute approximate surface area is 176 Å². The fraction of sp³-hybridized carbons (Fsp3) is 0.824. The summed E-state index contributed by atoms with van der Waals surface area (Å²) in [4.78, 5) is 11.6. The van der Waals surface area contributed by atoms with Gasteiger partial charge in [-0.05, 0) is 6.42 Å². The molecule has 10 atom stereocenters. The Morgan fingerprint density at radius 3 is 2.32 bits per heavy atom. The van der Waals surface area contributed by atoms with Gasteiger partial charge in [0.15, 0.2) is 6.23 Å². The second-order valence-corrected chi connectivity index (χ2v) is 7.66. The molecule has 1 aromatic rings. The van der Waals surface area contributed by atoms with E-state index in [4.69, 9.17) is 14.6 Å². The Hall–Kier alpha value is -1.75. The summed E-state index contributed by atoms with van der Waals surface area (Å²) < 4.78 is 12.3. The number of rotatable bonds is 6. The van der Waals surface area contributed by atoms with Crippen molar-refractivity contribution in [2.24, 2.45) is 0 Å². The molecule has 1 amide bonds. The minimum atomic E-state index is -1.56. The minimum Gasteiger partial charge on any atom is -0.396 e. The minimum absolute atomic E-state index is 0.00812. The van der Waals surface area contributed by atoms with E-state index < -0.39 is 73.6 Å². The van der Waals surface area contributed by atoms with E-state index >= 15 is 0 Å². The van der Waals surface area contributed by atoms with E-state index in [-0.39, 0.29) is 18.7 Å². The number of carbonyl (C=O) groups excluding carboxylic acids is 1. The van der Waals surface area contributed by atoms with Crippen LogP contribution in [0.3, 0.4) is 0 Å². The first-order valence-electron chi connectivity index (χ1n) is 9.81. The summed E-state index contributed by atoms with van der Waals surface area (Å²) in [6, 6.07) is -1.14. The largest absolute Gasteiger partial charge is 0.396 e. The maximum atomic E-state index is 11.6. The Kier molecular flexibility index (Phi) is 7.56. The fourth-order valence-electron chi connectivity index (χ4n) is 3.82. The van der Waals surface area contributed by atoms with Crippen LogP contribution in [0.2, 0.25) is 0 Å². The summed E-state index contributed by atoms with van der Waals surface area (Å²) in [5.41, 5.74) is 0.0488. The van der Waals surface area contributed by atoms with Gasteiger partial charge in [-0.2, -0.15) is 0 Å². The molecular weight excluding hydrogens is 420 g/mol. The number of aliphatic hydroxyl groups excluding tert-OH is 7. The summed E-state index contributed by atoms with van der Waals surface area (Å²) in [6.07, 6.45) is -10.7. The lowest BCUT2D eigenvalue weighted by atomic mass is 9.92. The van der Waals surface area contributed by atoms with Crippen molar-refractivity contribution in [3.8, 4) is 0 Å². The van der Waals surface area contributed by atoms with Crippen LogP contribution in [0.15, 0.2) is 6.20 Å². The predicted octanol–water partition coefficient (Wildman–Crippen LogP) is -4.70. The zero-order chi connectivity index (χ0) is 22.9. The second-order valence-electron chi connectivity index (χ2n) is 7.66. The predicted molar refractivity (Wildman–Crippen MR) is 98.0 cm³/mol. The van der Waals surface area contributed by atoms with Crippen molar-refractivity contribution < 1.29 is 50.0 Å². The third kappa shape index (κ3) is 4.72. The van der Waals surface area contributed by atoms with Gasteiger partial charge in [-0.1, -0.05) is 5.21 Å². The molecule has 14 heteroatoms. The van der Waals surface area contributed by atoms with Crippen molar-refractivity contribution in [2.75, 3.05) is 13.2 Å². The number of nitrogens with one attached hydrogen (secondary N) is 1. The first kappa shape index (κ1) is 23.9. The van der Waals surface area contributed by atoms with Gasteiger partial charge in [0.25, 0.3) is 0 Å². The molecule has 0 aromatic carbocycles. The van der Waals surface area contributed by atoms with Crippen LogP contribution in [-0.2, 0) is 14.3 Å². The number of nitrogens with zero attached hydrogens (tertiary/aromatic N) is 3. The number of amides is 1. The van der Waals surface area contributed by atoms with Crippen molar-refractivity contribution in [3.05, 3.63) is 11.9 Å². The molecule has 0 spiro atoms. The molecular formula is C17H28N4O10. The molecule has 2 aliphatic heterocycles. The topological polar surface area (TPSA) is 220 Å². The number of hydrogen-bond acceptors (Lipinski definition) is 12. The zero-order valence-corrected chi connectivity index (χ0v) is 16.7. The van der Waals surface area contributed by atoms with Gasteiger partial charge in [-0.15, -0.1) is 5.10 Å². The van der Waals surface area contributed by atoms with Crippen molar-refractivity contribution in [2.45, 2.75) is 74.4 Å². The van der Waals surface area contributed by atoms with Gasteiger partial charge in [0.05, 0.1) is 18.9 Å². The highest BCUT2D eigenvalue weighted by molar-refractivity contribution is 5.73. The molecule has 3 rings (SSSR count). The van der Waals surface area contributed by atoms with E-state index in [1.807, 2.05) is 0 Å². The molecule has 2 saturated heterocycles. The van der Waals surface area contributed by atoms with E-state index in [0.717, 1.165) is 4.68 Å². The van der Waals surface area contributed by atoms with Gasteiger partial charge in [-0.25, -0.2) is 4.68 Å². The quantitative estimate of drug-likeness (QED) is 0.206. The number of carbonyl (C=O) groups is 1. The fourth-order valence-corrected chi connectivity index (χ4v) is 3.82. The lowest BCUT2D eigenvalue weighted by Crippen LogP contribution is -2.62. The first-order valence-corrected chi connectivity index (χ1v) is 9.81. The number of hydrogen-bond donors (Lipinski definition) is 8. The van der Waals surface area contributed by atoms with E-state index in [2.05, 4.69) is 15.6 Å². The second kappa shape index (κ2) is 9.81. The van der Waals surface area contributed by atoms with Crippen LogP contribution in [0, 0.1) is 0 Å². The SMILES string of the molecule is CC(=O)N[C@@H]1[C@@H](O)[C@H](O)[C@@H](CO)O[C@H]1n1cc([C@H]2O[C@H](CCO)[C@@H](O)[C@H](O)[C@@H]2O)nn1. The first-order chi connectivity index (χ1) is 14.7. The van der Waals surface area contributed by atoms with E-state index in [9.17, 15) is 35.4 Å². The maximum absolute atomic E-state index is 11.6. The standard InChI is InChI=1S/C17H28N4O10/c1-6(24)18-10-13(27)12(26)9(5-23)31-17(10)21-4-7(19-20-21)16-15(29)14(28)11(25)8(30-16)2-3-22/h4,8-17,22-23,25-29H,2-3,5H2,1H3,(H,18,24)/t8-,9-,10-,11-,12-,13-,14+,15+,16-,17-/m1/s1. The Balaban J connectivity index is 1.87. The molecule has 31 heavy (non-hydrogen) atoms. The average molecular weight is 448 g/mol. The van der Waals surface area contributed by atoms with Crippen LogP contribution in [0.25, 0.3) is 0 Å². The monoisotopic (exact) mass is 448 g/mol. The van der Waals surface area contributed by atoms with Crippen LogP contribution in [0.5, 0.6) is 0 Å². The summed E-state index contributed by atoms with van der Waals surface area (Å²) in [5, 5.41) is 79.8. The van der Waals surface area contributed by atoms with E-state index in [0.29, 0.717) is 0 Å². The Morgan fingerprint density at radius 2 is 1.71 bits per heavy atom. The van der Waals surface area contributed by atoms with Crippen molar-refractivity contribution in [3.63, 3.8) is 0 Å². The van der Waals surface area contributed by atoms with Gasteiger partial charge < -0.3 is 50.5 Å². The summed E-state index contributed by atoms with van der Waals surface area (Å²) in [7, 11) is 0. The van der Waals surface area contributed by atoms with E-state index in [1.54, 1.807) is 0 Å². The van der Waals surface area contributed by atoms with Gasteiger partial charge in [0, 0.05) is 13.5 Å². The molecule has 0 unspecified atom stereocenters. The molecule has 0 bridgehead atoms. The van der Waals surface area contributed by atoms with Gasteiger partial charge >= 0.3 is 0 Å². The maximum Gasteiger partial charge on any atom is 0.217 e. The molecule has 14 nitrogen and oxygen atoms in total. The summed E-state index contributed by atoms with van der Waals surface area (Å²) >= 11 is 0. The van der Waals surface area contributed by atoms with Crippen LogP contribution in [0.1, 0.15) is 31.4 Å². The number of aromatic nitrogens is 3. The summed E-state index contributed by atoms with van der Waals surface area (Å²) in [5.74, 6) is -0.511. The number of ether oxygens (including phenoxy) is 2. The summed E-state index contributed by atoms with van der Waals surface area (Å²) in [6.45, 7) is 0.281. The van der Waals surface area contributed by atoms with Crippen LogP contribution in [0.4, 0.5) is 0 Å². The van der Waals surface area contributed by atoms with Crippen molar-refractivity contribution in [1.29, 1.82) is 0 Å².